The summed E-state index contributed by atoms with van der Waals surface area (Å²) in [4.78, 5) is 22.4. The smallest absolute Gasteiger partial charge is 0.305 e. The van der Waals surface area contributed by atoms with Crippen LogP contribution in [0.4, 0.5) is 0 Å². The molecule has 0 spiro atoms. The van der Waals surface area contributed by atoms with Crippen molar-refractivity contribution in [3.05, 3.63) is 54.1 Å². The third kappa shape index (κ3) is 8.42. The number of rotatable bonds is 8. The highest BCUT2D eigenvalue weighted by atomic mass is 16.5. The Balaban J connectivity index is 2.14. The Morgan fingerprint density at radius 1 is 1.14 bits per heavy atom. The largest absolute Gasteiger partial charge is 0.469 e. The molecular formula is C17H21NO3. The molecule has 1 rings (SSSR count). The zero-order valence-electron chi connectivity index (χ0n) is 12.2. The molecule has 1 aromatic carbocycles. The van der Waals surface area contributed by atoms with E-state index < -0.39 is 0 Å². The van der Waals surface area contributed by atoms with Crippen molar-refractivity contribution in [2.75, 3.05) is 13.7 Å². The van der Waals surface area contributed by atoms with Crippen LogP contribution in [0.1, 0.15) is 24.8 Å². The molecule has 1 N–H and O–H groups in total. The van der Waals surface area contributed by atoms with E-state index in [9.17, 15) is 9.59 Å². The number of amides is 1. The third-order valence-electron chi connectivity index (χ3n) is 2.78. The average molecular weight is 287 g/mol. The van der Waals surface area contributed by atoms with E-state index in [0.717, 1.165) is 12.0 Å². The van der Waals surface area contributed by atoms with Gasteiger partial charge in [-0.25, -0.2) is 0 Å². The summed E-state index contributed by atoms with van der Waals surface area (Å²) in [7, 11) is 1.37. The van der Waals surface area contributed by atoms with Gasteiger partial charge in [0, 0.05) is 19.0 Å². The molecule has 1 amide bonds. The van der Waals surface area contributed by atoms with Gasteiger partial charge in [0.2, 0.25) is 5.91 Å². The lowest BCUT2D eigenvalue weighted by Crippen LogP contribution is -2.22. The summed E-state index contributed by atoms with van der Waals surface area (Å²) in [5.41, 5.74) is 1.09. The van der Waals surface area contributed by atoms with Crippen LogP contribution in [-0.2, 0) is 14.3 Å². The summed E-state index contributed by atoms with van der Waals surface area (Å²) in [5.74, 6) is -0.349. The lowest BCUT2D eigenvalue weighted by Gasteiger charge is -2.01. The number of carbonyl (C=O) groups excluding carboxylic acids is 2. The minimum absolute atomic E-state index is 0.134. The fraction of sp³-hybridized carbons (Fsp3) is 0.294. The first-order valence-electron chi connectivity index (χ1n) is 6.97. The minimum Gasteiger partial charge on any atom is -0.469 e. The quantitative estimate of drug-likeness (QED) is 0.346. The summed E-state index contributed by atoms with van der Waals surface area (Å²) in [5, 5.41) is 2.76. The van der Waals surface area contributed by atoms with Gasteiger partial charge in [-0.05, 0) is 18.4 Å². The molecule has 0 aliphatic carbocycles. The van der Waals surface area contributed by atoms with Crippen LogP contribution >= 0.6 is 0 Å². The van der Waals surface area contributed by atoms with Gasteiger partial charge in [0.05, 0.1) is 7.11 Å². The van der Waals surface area contributed by atoms with Crippen molar-refractivity contribution in [2.45, 2.75) is 19.3 Å². The van der Waals surface area contributed by atoms with E-state index >= 15 is 0 Å². The van der Waals surface area contributed by atoms with Gasteiger partial charge >= 0.3 is 5.97 Å². The van der Waals surface area contributed by atoms with E-state index in [0.29, 0.717) is 19.4 Å². The average Bonchev–Trinajstić information content (AvgIpc) is 2.52. The maximum absolute atomic E-state index is 11.5. The molecule has 4 nitrogen and oxygen atoms in total. The summed E-state index contributed by atoms with van der Waals surface area (Å²) in [6, 6.07) is 9.87. The van der Waals surface area contributed by atoms with Gasteiger partial charge in [0.1, 0.15) is 0 Å². The van der Waals surface area contributed by atoms with Crippen molar-refractivity contribution in [1.29, 1.82) is 0 Å². The van der Waals surface area contributed by atoms with Crippen molar-refractivity contribution in [3.63, 3.8) is 0 Å². The molecule has 21 heavy (non-hydrogen) atoms. The summed E-state index contributed by atoms with van der Waals surface area (Å²) < 4.78 is 4.53. The number of ether oxygens (including phenoxy) is 1. The second kappa shape index (κ2) is 10.4. The zero-order chi connectivity index (χ0) is 15.3. The van der Waals surface area contributed by atoms with Crippen molar-refractivity contribution >= 4 is 18.0 Å². The van der Waals surface area contributed by atoms with E-state index in [2.05, 4.69) is 10.1 Å². The summed E-state index contributed by atoms with van der Waals surface area (Å²) in [6.07, 6.45) is 8.81. The molecule has 0 saturated heterocycles. The maximum Gasteiger partial charge on any atom is 0.305 e. The van der Waals surface area contributed by atoms with E-state index in [1.165, 1.54) is 13.2 Å². The number of nitrogens with one attached hydrogen (secondary N) is 1. The van der Waals surface area contributed by atoms with Crippen LogP contribution < -0.4 is 5.32 Å². The number of hydrogen-bond acceptors (Lipinski definition) is 3. The monoisotopic (exact) mass is 287 g/mol. The van der Waals surface area contributed by atoms with Crippen molar-refractivity contribution in [2.24, 2.45) is 0 Å². The fourth-order valence-electron chi connectivity index (χ4n) is 1.64. The Hall–Kier alpha value is -2.36. The number of carbonyl (C=O) groups is 2. The molecule has 0 saturated carbocycles. The molecular weight excluding hydrogens is 266 g/mol. The predicted octanol–water partition coefficient (Wildman–Crippen LogP) is 2.72. The molecule has 0 unspecified atom stereocenters. The van der Waals surface area contributed by atoms with Crippen molar-refractivity contribution in [1.82, 2.24) is 5.32 Å². The molecule has 0 heterocycles. The number of hydrogen-bond donors (Lipinski definition) is 1. The Kier molecular flexibility index (Phi) is 8.29. The Morgan fingerprint density at radius 2 is 1.90 bits per heavy atom. The zero-order valence-corrected chi connectivity index (χ0v) is 12.2. The van der Waals surface area contributed by atoms with Gasteiger partial charge in [-0.15, -0.1) is 0 Å². The Labute approximate surface area is 125 Å². The van der Waals surface area contributed by atoms with Gasteiger partial charge in [-0.3, -0.25) is 9.59 Å². The molecule has 0 aliphatic rings. The van der Waals surface area contributed by atoms with Crippen LogP contribution in [0.25, 0.3) is 6.08 Å². The lowest BCUT2D eigenvalue weighted by atomic mass is 10.2. The van der Waals surface area contributed by atoms with Gasteiger partial charge in [-0.2, -0.15) is 0 Å². The molecule has 0 aliphatic heterocycles. The summed E-state index contributed by atoms with van der Waals surface area (Å²) >= 11 is 0. The predicted molar refractivity (Wildman–Crippen MR) is 83.5 cm³/mol. The molecule has 0 aromatic heterocycles. The van der Waals surface area contributed by atoms with Crippen LogP contribution in [0.3, 0.4) is 0 Å². The highest BCUT2D eigenvalue weighted by Crippen LogP contribution is 2.00. The number of esters is 1. The number of unbranched alkanes of at least 4 members (excludes halogenated alkanes) is 1. The van der Waals surface area contributed by atoms with E-state index in [4.69, 9.17) is 0 Å². The molecule has 4 heteroatoms. The van der Waals surface area contributed by atoms with Crippen LogP contribution in [0, 0.1) is 0 Å². The van der Waals surface area contributed by atoms with Gasteiger partial charge in [0.15, 0.2) is 0 Å². The molecule has 0 fully saturated rings. The standard InChI is InChI=1S/C17H21NO3/c1-21-17(20)13-7-8-14-18-16(19)12-6-5-11-15-9-3-2-4-10-15/h2-6,9-12H,7-8,13-14H2,1H3,(H,18,19)/b11-5+,12-6+. The van der Waals surface area contributed by atoms with Gasteiger partial charge < -0.3 is 10.1 Å². The first kappa shape index (κ1) is 16.7. The first-order valence-corrected chi connectivity index (χ1v) is 6.97. The Morgan fingerprint density at radius 3 is 2.62 bits per heavy atom. The van der Waals surface area contributed by atoms with Crippen LogP contribution in [0.15, 0.2) is 48.6 Å². The van der Waals surface area contributed by atoms with Crippen LogP contribution in [-0.4, -0.2) is 25.5 Å². The third-order valence-corrected chi connectivity index (χ3v) is 2.78. The van der Waals surface area contributed by atoms with Crippen molar-refractivity contribution < 1.29 is 14.3 Å². The van der Waals surface area contributed by atoms with E-state index in [1.807, 2.05) is 42.5 Å². The van der Waals surface area contributed by atoms with Crippen molar-refractivity contribution in [3.8, 4) is 0 Å². The highest BCUT2D eigenvalue weighted by molar-refractivity contribution is 5.87. The molecule has 112 valence electrons. The maximum atomic E-state index is 11.5. The lowest BCUT2D eigenvalue weighted by molar-refractivity contribution is -0.140. The second-order valence-corrected chi connectivity index (χ2v) is 4.45. The van der Waals surface area contributed by atoms with Crippen LogP contribution in [0.2, 0.25) is 0 Å². The molecule has 0 radical (unpaired) electrons. The Bertz CT molecular complexity index is 492. The number of methoxy groups -OCH3 is 1. The first-order chi connectivity index (χ1) is 10.2. The van der Waals surface area contributed by atoms with E-state index in [1.54, 1.807) is 6.08 Å². The van der Waals surface area contributed by atoms with Gasteiger partial charge in [0.25, 0.3) is 0 Å². The number of benzene rings is 1. The van der Waals surface area contributed by atoms with E-state index in [-0.39, 0.29) is 11.9 Å². The minimum atomic E-state index is -0.215. The highest BCUT2D eigenvalue weighted by Gasteiger charge is 1.99. The topological polar surface area (TPSA) is 55.4 Å². The normalized spacial score (nSPS) is 10.9. The second-order valence-electron chi connectivity index (χ2n) is 4.45. The molecule has 0 atom stereocenters. The summed E-state index contributed by atoms with van der Waals surface area (Å²) in [6.45, 7) is 0.558. The number of allylic oxidation sites excluding steroid dienone is 2. The molecule has 0 bridgehead atoms. The van der Waals surface area contributed by atoms with Gasteiger partial charge in [-0.1, -0.05) is 48.6 Å². The SMILES string of the molecule is COC(=O)CCCCNC(=O)/C=C/C=C/c1ccccc1. The fourth-order valence-corrected chi connectivity index (χ4v) is 1.64. The molecule has 1 aromatic rings. The van der Waals surface area contributed by atoms with Crippen LogP contribution in [0.5, 0.6) is 0 Å².